The van der Waals surface area contributed by atoms with E-state index in [0.29, 0.717) is 29.0 Å². The van der Waals surface area contributed by atoms with E-state index in [9.17, 15) is 9.90 Å². The van der Waals surface area contributed by atoms with Crippen LogP contribution in [-0.4, -0.2) is 53.5 Å². The molecular weight excluding hydrogens is 518 g/mol. The average molecular weight is 562 g/mol. The summed E-state index contributed by atoms with van der Waals surface area (Å²) in [6, 6.07) is 11.9. The van der Waals surface area contributed by atoms with Crippen LogP contribution in [0.3, 0.4) is 0 Å². The van der Waals surface area contributed by atoms with Gasteiger partial charge in [0.1, 0.15) is 5.75 Å². The number of aromatic nitrogens is 2. The van der Waals surface area contributed by atoms with Gasteiger partial charge < -0.3 is 24.2 Å². The number of anilines is 1. The normalized spacial score (nSPS) is 15.8. The lowest BCUT2D eigenvalue weighted by Crippen LogP contribution is -2.37. The number of hydrogen-bond donors (Lipinski definition) is 1. The molecule has 0 amide bonds. The Morgan fingerprint density at radius 3 is 2.49 bits per heavy atom. The quantitative estimate of drug-likeness (QED) is 0.294. The van der Waals surface area contributed by atoms with Crippen LogP contribution < -0.4 is 14.4 Å². The van der Waals surface area contributed by atoms with Crippen LogP contribution in [0.5, 0.6) is 11.5 Å². The highest BCUT2D eigenvalue weighted by Gasteiger charge is 2.30. The van der Waals surface area contributed by atoms with Crippen molar-refractivity contribution in [3.63, 3.8) is 0 Å². The van der Waals surface area contributed by atoms with Crippen molar-refractivity contribution >= 4 is 11.7 Å². The van der Waals surface area contributed by atoms with Gasteiger partial charge in [0.2, 0.25) is 0 Å². The first-order chi connectivity index (χ1) is 19.3. The summed E-state index contributed by atoms with van der Waals surface area (Å²) in [7, 11) is 1.67. The number of carbonyl (C=O) groups is 1. The molecule has 41 heavy (non-hydrogen) atoms. The molecule has 1 aliphatic heterocycles. The van der Waals surface area contributed by atoms with Crippen molar-refractivity contribution in [2.45, 2.75) is 72.5 Å². The number of rotatable bonds is 10. The highest BCUT2D eigenvalue weighted by Crippen LogP contribution is 2.38. The monoisotopic (exact) mass is 561 g/mol. The lowest BCUT2D eigenvalue weighted by atomic mass is 9.82. The van der Waals surface area contributed by atoms with Crippen molar-refractivity contribution in [2.75, 3.05) is 31.7 Å². The molecule has 1 atom stereocenters. The van der Waals surface area contributed by atoms with Gasteiger partial charge in [-0.15, -0.1) is 0 Å². The molecule has 8 nitrogen and oxygen atoms in total. The first-order valence-corrected chi connectivity index (χ1v) is 14.2. The van der Waals surface area contributed by atoms with Crippen LogP contribution in [0.2, 0.25) is 0 Å². The van der Waals surface area contributed by atoms with Gasteiger partial charge in [0.15, 0.2) is 11.9 Å². The molecule has 8 heteroatoms. The summed E-state index contributed by atoms with van der Waals surface area (Å²) >= 11 is 0. The summed E-state index contributed by atoms with van der Waals surface area (Å²) in [4.78, 5) is 23.8. The number of nitrogens with zero attached hydrogens (tertiary/aromatic N) is 3. The molecule has 0 saturated carbocycles. The number of aliphatic carboxylic acids is 1. The SMILES string of the molecule is COc1cccc(CCOc2cnc(-c3cnc(C)c(C(OC(C)(C)C)C(=O)O)c3)cc2N2CCC(C)(C)CC2)c1. The minimum Gasteiger partial charge on any atom is -0.497 e. The van der Waals surface area contributed by atoms with E-state index in [-0.39, 0.29) is 0 Å². The number of ether oxygens (including phenoxy) is 3. The van der Waals surface area contributed by atoms with Crippen molar-refractivity contribution in [3.8, 4) is 22.8 Å². The Bertz CT molecular complexity index is 1360. The van der Waals surface area contributed by atoms with Crippen molar-refractivity contribution < 1.29 is 24.1 Å². The third-order valence-corrected chi connectivity index (χ3v) is 7.49. The molecule has 3 aromatic rings. The van der Waals surface area contributed by atoms with Crippen LogP contribution in [-0.2, 0) is 16.0 Å². The van der Waals surface area contributed by atoms with Crippen LogP contribution in [0, 0.1) is 12.3 Å². The summed E-state index contributed by atoms with van der Waals surface area (Å²) in [5.74, 6) is 0.511. The van der Waals surface area contributed by atoms with Gasteiger partial charge in [-0.1, -0.05) is 26.0 Å². The molecule has 0 radical (unpaired) electrons. The van der Waals surface area contributed by atoms with Gasteiger partial charge in [0.25, 0.3) is 0 Å². The number of carboxylic acid groups (broad SMARTS) is 1. The summed E-state index contributed by atoms with van der Waals surface area (Å²) < 4.78 is 17.6. The predicted molar refractivity (Wildman–Crippen MR) is 161 cm³/mol. The van der Waals surface area contributed by atoms with Gasteiger partial charge in [-0.25, -0.2) is 4.79 Å². The van der Waals surface area contributed by atoms with E-state index in [1.165, 1.54) is 0 Å². The second-order valence-electron chi connectivity index (χ2n) is 12.5. The zero-order chi connectivity index (χ0) is 29.8. The van der Waals surface area contributed by atoms with E-state index in [4.69, 9.17) is 19.2 Å². The van der Waals surface area contributed by atoms with Crippen molar-refractivity contribution in [3.05, 3.63) is 65.6 Å². The van der Waals surface area contributed by atoms with Crippen LogP contribution >= 0.6 is 0 Å². The number of methoxy groups -OCH3 is 1. The van der Waals surface area contributed by atoms with Gasteiger partial charge in [-0.05, 0) is 75.8 Å². The highest BCUT2D eigenvalue weighted by atomic mass is 16.5. The number of carboxylic acids is 1. The predicted octanol–water partition coefficient (Wildman–Crippen LogP) is 6.65. The molecule has 1 aromatic carbocycles. The van der Waals surface area contributed by atoms with Crippen molar-refractivity contribution in [2.24, 2.45) is 5.41 Å². The molecule has 1 N–H and O–H groups in total. The van der Waals surface area contributed by atoms with E-state index >= 15 is 0 Å². The Morgan fingerprint density at radius 2 is 1.83 bits per heavy atom. The largest absolute Gasteiger partial charge is 0.497 e. The molecular formula is C33H43N3O5. The first kappa shape index (κ1) is 30.3. The maximum atomic E-state index is 12.2. The highest BCUT2D eigenvalue weighted by molar-refractivity contribution is 5.76. The zero-order valence-electron chi connectivity index (χ0n) is 25.4. The molecule has 4 rings (SSSR count). The minimum atomic E-state index is -1.13. The van der Waals surface area contributed by atoms with E-state index in [1.807, 2.05) is 51.1 Å². The molecule has 0 aliphatic carbocycles. The van der Waals surface area contributed by atoms with Gasteiger partial charge in [0, 0.05) is 42.5 Å². The molecule has 1 unspecified atom stereocenters. The first-order valence-electron chi connectivity index (χ1n) is 14.2. The third-order valence-electron chi connectivity index (χ3n) is 7.49. The van der Waals surface area contributed by atoms with E-state index in [2.05, 4.69) is 29.8 Å². The Kier molecular flexibility index (Phi) is 9.22. The average Bonchev–Trinajstić information content (AvgIpc) is 2.92. The summed E-state index contributed by atoms with van der Waals surface area (Å²) in [5, 5.41) is 9.96. The molecule has 0 bridgehead atoms. The lowest BCUT2D eigenvalue weighted by Gasteiger charge is -2.38. The topological polar surface area (TPSA) is 94.0 Å². The van der Waals surface area contributed by atoms with E-state index in [0.717, 1.165) is 60.7 Å². The minimum absolute atomic E-state index is 0.300. The number of benzene rings is 1. The summed E-state index contributed by atoms with van der Waals surface area (Å²) in [5.41, 5.74) is 4.36. The fraction of sp³-hybridized carbons (Fsp3) is 0.485. The fourth-order valence-corrected chi connectivity index (χ4v) is 4.96. The van der Waals surface area contributed by atoms with Gasteiger partial charge in [0.05, 0.1) is 36.9 Å². The maximum Gasteiger partial charge on any atom is 0.337 e. The number of hydrogen-bond acceptors (Lipinski definition) is 7. The summed E-state index contributed by atoms with van der Waals surface area (Å²) in [6.07, 6.45) is 5.27. The number of pyridine rings is 2. The second kappa shape index (κ2) is 12.5. The van der Waals surface area contributed by atoms with Crippen LogP contribution in [0.25, 0.3) is 11.3 Å². The Balaban J connectivity index is 1.64. The maximum absolute atomic E-state index is 12.2. The zero-order valence-corrected chi connectivity index (χ0v) is 25.4. The molecule has 220 valence electrons. The third kappa shape index (κ3) is 7.97. The second-order valence-corrected chi connectivity index (χ2v) is 12.5. The standard InChI is InChI=1S/C33H43N3O5/c1-22-26(30(31(37)38)41-32(2,3)4)18-24(20-34-22)27-19-28(36-14-12-33(5,6)13-15-36)29(21-35-27)40-16-11-23-9-8-10-25(17-23)39-7/h8-10,17-21,30H,11-16H2,1-7H3,(H,37,38). The van der Waals surface area contributed by atoms with Crippen LogP contribution in [0.15, 0.2) is 48.8 Å². The number of piperidine rings is 1. The van der Waals surface area contributed by atoms with Crippen LogP contribution in [0.1, 0.15) is 70.4 Å². The van der Waals surface area contributed by atoms with Crippen molar-refractivity contribution in [1.82, 2.24) is 9.97 Å². The van der Waals surface area contributed by atoms with Gasteiger partial charge >= 0.3 is 5.97 Å². The van der Waals surface area contributed by atoms with Gasteiger partial charge in [-0.2, -0.15) is 0 Å². The lowest BCUT2D eigenvalue weighted by molar-refractivity contribution is -0.160. The Morgan fingerprint density at radius 1 is 1.10 bits per heavy atom. The Labute approximate surface area is 243 Å². The van der Waals surface area contributed by atoms with E-state index in [1.54, 1.807) is 26.4 Å². The van der Waals surface area contributed by atoms with E-state index < -0.39 is 17.7 Å². The molecule has 1 saturated heterocycles. The molecule has 1 aliphatic rings. The van der Waals surface area contributed by atoms with Crippen molar-refractivity contribution in [1.29, 1.82) is 0 Å². The fourth-order valence-electron chi connectivity index (χ4n) is 4.96. The smallest absolute Gasteiger partial charge is 0.337 e. The molecule has 3 heterocycles. The molecule has 0 spiro atoms. The molecule has 2 aromatic heterocycles. The number of aryl methyl sites for hydroxylation is 1. The van der Waals surface area contributed by atoms with Gasteiger partial charge in [-0.3, -0.25) is 9.97 Å². The summed E-state index contributed by atoms with van der Waals surface area (Å²) in [6.45, 7) is 14.3. The Hall–Kier alpha value is -3.65. The molecule has 1 fully saturated rings. The van der Waals surface area contributed by atoms with Crippen LogP contribution in [0.4, 0.5) is 5.69 Å².